The molecule has 20 heavy (non-hydrogen) atoms. The monoisotopic (exact) mass is 281 g/mol. The van der Waals surface area contributed by atoms with Crippen molar-refractivity contribution in [1.29, 1.82) is 0 Å². The van der Waals surface area contributed by atoms with E-state index in [1.54, 1.807) is 13.8 Å². The van der Waals surface area contributed by atoms with Gasteiger partial charge >= 0.3 is 5.97 Å². The Labute approximate surface area is 118 Å². The van der Waals surface area contributed by atoms with Crippen molar-refractivity contribution in [2.24, 2.45) is 0 Å². The van der Waals surface area contributed by atoms with Gasteiger partial charge < -0.3 is 9.47 Å². The zero-order valence-electron chi connectivity index (χ0n) is 11.8. The Kier molecular flexibility index (Phi) is 4.60. The molecule has 5 heteroatoms. The van der Waals surface area contributed by atoms with Gasteiger partial charge in [0.25, 0.3) is 0 Å². The lowest BCUT2D eigenvalue weighted by atomic mass is 10.0. The highest BCUT2D eigenvalue weighted by Gasteiger charge is 2.40. The lowest BCUT2D eigenvalue weighted by Crippen LogP contribution is -2.55. The molecule has 0 aromatic heterocycles. The molecule has 110 valence electrons. The number of nitrogens with one attached hydrogen (secondary N) is 1. The van der Waals surface area contributed by atoms with Crippen molar-refractivity contribution in [2.45, 2.75) is 38.3 Å². The van der Waals surface area contributed by atoms with Crippen LogP contribution in [0.5, 0.6) is 5.75 Å². The molecular formula is C15H20FNO3. The fourth-order valence-electron chi connectivity index (χ4n) is 1.89. The number of hydrogen-bond acceptors (Lipinski definition) is 4. The van der Waals surface area contributed by atoms with Crippen molar-refractivity contribution in [3.8, 4) is 5.75 Å². The van der Waals surface area contributed by atoms with E-state index in [0.29, 0.717) is 18.4 Å². The lowest BCUT2D eigenvalue weighted by Gasteiger charge is -2.28. The zero-order valence-corrected chi connectivity index (χ0v) is 11.8. The summed E-state index contributed by atoms with van der Waals surface area (Å²) in [6, 6.07) is 6.08. The van der Waals surface area contributed by atoms with E-state index in [2.05, 4.69) is 5.32 Å². The summed E-state index contributed by atoms with van der Waals surface area (Å²) >= 11 is 0. The fourth-order valence-corrected chi connectivity index (χ4v) is 1.89. The Morgan fingerprint density at radius 2 is 2.05 bits per heavy atom. The second kappa shape index (κ2) is 6.22. The van der Waals surface area contributed by atoms with Crippen molar-refractivity contribution in [3.63, 3.8) is 0 Å². The molecule has 1 aromatic carbocycles. The Bertz CT molecular complexity index is 459. The minimum atomic E-state index is -0.883. The van der Waals surface area contributed by atoms with Crippen LogP contribution in [0.15, 0.2) is 24.3 Å². The summed E-state index contributed by atoms with van der Waals surface area (Å²) in [7, 11) is 0. The average Bonchev–Trinajstić information content (AvgIpc) is 3.22. The topological polar surface area (TPSA) is 47.6 Å². The summed E-state index contributed by atoms with van der Waals surface area (Å²) in [4.78, 5) is 12.1. The molecule has 1 aliphatic carbocycles. The van der Waals surface area contributed by atoms with Crippen LogP contribution in [-0.2, 0) is 9.53 Å². The predicted octanol–water partition coefficient (Wildman–Crippen LogP) is 2.28. The first kappa shape index (κ1) is 14.8. The van der Waals surface area contributed by atoms with Gasteiger partial charge in [0.1, 0.15) is 23.7 Å². The highest BCUT2D eigenvalue weighted by Crippen LogP contribution is 2.24. The van der Waals surface area contributed by atoms with Crippen LogP contribution < -0.4 is 10.1 Å². The van der Waals surface area contributed by atoms with Gasteiger partial charge in [-0.1, -0.05) is 0 Å². The molecule has 2 rings (SSSR count). The average molecular weight is 281 g/mol. The number of halogens is 1. The molecule has 1 aliphatic rings. The second-order valence-electron chi connectivity index (χ2n) is 5.21. The maximum atomic E-state index is 12.8. The van der Waals surface area contributed by atoms with Crippen molar-refractivity contribution in [1.82, 2.24) is 5.32 Å². The molecule has 0 radical (unpaired) electrons. The minimum Gasteiger partial charge on any atom is -0.491 e. The molecule has 1 saturated carbocycles. The number of ether oxygens (including phenoxy) is 2. The van der Waals surface area contributed by atoms with E-state index in [1.165, 1.54) is 24.3 Å². The molecule has 0 amide bonds. The van der Waals surface area contributed by atoms with Gasteiger partial charge in [-0.2, -0.15) is 0 Å². The van der Waals surface area contributed by atoms with Gasteiger partial charge in [-0.15, -0.1) is 0 Å². The van der Waals surface area contributed by atoms with Gasteiger partial charge in [0.15, 0.2) is 0 Å². The van der Waals surface area contributed by atoms with Crippen LogP contribution in [0.3, 0.4) is 0 Å². The van der Waals surface area contributed by atoms with E-state index in [9.17, 15) is 9.18 Å². The van der Waals surface area contributed by atoms with Crippen LogP contribution in [0.4, 0.5) is 4.39 Å². The van der Waals surface area contributed by atoms with E-state index in [-0.39, 0.29) is 18.4 Å². The van der Waals surface area contributed by atoms with Crippen LogP contribution in [0.2, 0.25) is 0 Å². The maximum absolute atomic E-state index is 12.8. The van der Waals surface area contributed by atoms with E-state index >= 15 is 0 Å². The van der Waals surface area contributed by atoms with E-state index in [0.717, 1.165) is 12.8 Å². The lowest BCUT2D eigenvalue weighted by molar-refractivity contribution is -0.152. The molecule has 1 atom stereocenters. The Morgan fingerprint density at radius 3 is 2.60 bits per heavy atom. The number of carbonyl (C=O) groups excluding carboxylic acids is 1. The van der Waals surface area contributed by atoms with Crippen molar-refractivity contribution in [3.05, 3.63) is 30.1 Å². The van der Waals surface area contributed by atoms with Gasteiger partial charge in [0.05, 0.1) is 6.61 Å². The molecule has 0 bridgehead atoms. The molecule has 1 N–H and O–H groups in total. The number of hydrogen-bond donors (Lipinski definition) is 1. The summed E-state index contributed by atoms with van der Waals surface area (Å²) in [5.41, 5.74) is -0.883. The Morgan fingerprint density at radius 1 is 1.40 bits per heavy atom. The summed E-state index contributed by atoms with van der Waals surface area (Å²) < 4.78 is 23.5. The maximum Gasteiger partial charge on any atom is 0.329 e. The normalized spacial score (nSPS) is 17.4. The SMILES string of the molecule is CCOC(=O)C(C)(COc1ccc(F)cc1)NC1CC1. The van der Waals surface area contributed by atoms with Gasteiger partial charge in [-0.05, 0) is 51.0 Å². The standard InChI is InChI=1S/C15H20FNO3/c1-3-19-14(18)15(2,17-12-6-7-12)10-20-13-8-4-11(16)5-9-13/h4-5,8-9,12,17H,3,6-7,10H2,1-2H3. The number of esters is 1. The third kappa shape index (κ3) is 3.93. The van der Waals surface area contributed by atoms with Crippen molar-refractivity contribution >= 4 is 5.97 Å². The van der Waals surface area contributed by atoms with Crippen molar-refractivity contribution < 1.29 is 18.7 Å². The van der Waals surface area contributed by atoms with Crippen LogP contribution in [0.25, 0.3) is 0 Å². The molecule has 0 saturated heterocycles. The minimum absolute atomic E-state index is 0.147. The highest BCUT2D eigenvalue weighted by molar-refractivity contribution is 5.80. The van der Waals surface area contributed by atoms with E-state index < -0.39 is 5.54 Å². The van der Waals surface area contributed by atoms with Crippen LogP contribution in [-0.4, -0.2) is 30.8 Å². The number of carbonyl (C=O) groups is 1. The van der Waals surface area contributed by atoms with Crippen LogP contribution >= 0.6 is 0 Å². The van der Waals surface area contributed by atoms with Crippen molar-refractivity contribution in [2.75, 3.05) is 13.2 Å². The molecule has 0 heterocycles. The Hall–Kier alpha value is -1.62. The predicted molar refractivity (Wildman–Crippen MR) is 73.1 cm³/mol. The smallest absolute Gasteiger partial charge is 0.329 e. The summed E-state index contributed by atoms with van der Waals surface area (Å²) in [6.45, 7) is 4.02. The Balaban J connectivity index is 1.99. The molecule has 1 unspecified atom stereocenters. The molecule has 1 fully saturated rings. The van der Waals surface area contributed by atoms with Crippen LogP contribution in [0.1, 0.15) is 26.7 Å². The van der Waals surface area contributed by atoms with Crippen LogP contribution in [0, 0.1) is 5.82 Å². The highest BCUT2D eigenvalue weighted by atomic mass is 19.1. The zero-order chi connectivity index (χ0) is 14.6. The molecule has 4 nitrogen and oxygen atoms in total. The molecular weight excluding hydrogens is 261 g/mol. The molecule has 1 aromatic rings. The summed E-state index contributed by atoms with van der Waals surface area (Å²) in [5, 5.41) is 3.26. The second-order valence-corrected chi connectivity index (χ2v) is 5.21. The first-order valence-electron chi connectivity index (χ1n) is 6.87. The van der Waals surface area contributed by atoms with E-state index in [1.807, 2.05) is 0 Å². The molecule has 0 spiro atoms. The number of rotatable bonds is 7. The van der Waals surface area contributed by atoms with Gasteiger partial charge in [0, 0.05) is 6.04 Å². The quantitative estimate of drug-likeness (QED) is 0.779. The molecule has 0 aliphatic heterocycles. The van der Waals surface area contributed by atoms with Gasteiger partial charge in [-0.25, -0.2) is 9.18 Å². The third-order valence-electron chi connectivity index (χ3n) is 3.17. The summed E-state index contributed by atoms with van der Waals surface area (Å²) in [5.74, 6) is -0.116. The number of benzene rings is 1. The van der Waals surface area contributed by atoms with Gasteiger partial charge in [0.2, 0.25) is 0 Å². The summed E-state index contributed by atoms with van der Waals surface area (Å²) in [6.07, 6.45) is 2.12. The third-order valence-corrected chi connectivity index (χ3v) is 3.17. The first-order chi connectivity index (χ1) is 9.53. The van der Waals surface area contributed by atoms with E-state index in [4.69, 9.17) is 9.47 Å². The first-order valence-corrected chi connectivity index (χ1v) is 6.87. The largest absolute Gasteiger partial charge is 0.491 e. The fraction of sp³-hybridized carbons (Fsp3) is 0.533. The van der Waals surface area contributed by atoms with Gasteiger partial charge in [-0.3, -0.25) is 5.32 Å².